The van der Waals surface area contributed by atoms with Gasteiger partial charge in [-0.15, -0.1) is 0 Å². The third-order valence-electron chi connectivity index (χ3n) is 3.59. The van der Waals surface area contributed by atoms with Crippen LogP contribution in [0.25, 0.3) is 0 Å². The number of rotatable bonds is 4. The van der Waals surface area contributed by atoms with Gasteiger partial charge in [-0.3, -0.25) is 0 Å². The lowest BCUT2D eigenvalue weighted by Crippen LogP contribution is -2.24. The summed E-state index contributed by atoms with van der Waals surface area (Å²) in [5.74, 6) is 1.57. The van der Waals surface area contributed by atoms with E-state index in [1.165, 1.54) is 38.7 Å². The lowest BCUT2D eigenvalue weighted by atomic mass is 10.1. The monoisotopic (exact) mass is 252 g/mol. The molecular formula is C12H17ClN4. The van der Waals surface area contributed by atoms with E-state index in [2.05, 4.69) is 20.2 Å². The minimum atomic E-state index is 0.494. The van der Waals surface area contributed by atoms with Gasteiger partial charge in [-0.05, 0) is 31.7 Å². The second-order valence-electron chi connectivity index (χ2n) is 4.99. The third kappa shape index (κ3) is 2.87. The van der Waals surface area contributed by atoms with Gasteiger partial charge in [0.1, 0.15) is 17.3 Å². The number of hydrogen-bond acceptors (Lipinski definition) is 4. The highest BCUT2D eigenvalue weighted by Crippen LogP contribution is 2.31. The summed E-state index contributed by atoms with van der Waals surface area (Å²) in [5.41, 5.74) is 0. The molecular weight excluding hydrogens is 236 g/mol. The van der Waals surface area contributed by atoms with Gasteiger partial charge in [0, 0.05) is 25.2 Å². The van der Waals surface area contributed by atoms with E-state index in [-0.39, 0.29) is 0 Å². The number of anilines is 1. The van der Waals surface area contributed by atoms with Gasteiger partial charge >= 0.3 is 0 Å². The van der Waals surface area contributed by atoms with Gasteiger partial charge < -0.3 is 10.2 Å². The van der Waals surface area contributed by atoms with Crippen LogP contribution in [0.4, 0.5) is 5.82 Å². The van der Waals surface area contributed by atoms with Crippen molar-refractivity contribution in [3.8, 4) is 0 Å². The average Bonchev–Trinajstić information content (AvgIpc) is 3.07. The molecule has 1 saturated heterocycles. The van der Waals surface area contributed by atoms with E-state index in [4.69, 9.17) is 11.6 Å². The van der Waals surface area contributed by atoms with Crippen molar-refractivity contribution < 1.29 is 0 Å². The molecule has 0 aromatic carbocycles. The summed E-state index contributed by atoms with van der Waals surface area (Å²) < 4.78 is 0. The fourth-order valence-electron chi connectivity index (χ4n) is 2.48. The zero-order valence-electron chi connectivity index (χ0n) is 9.77. The topological polar surface area (TPSA) is 41.0 Å². The van der Waals surface area contributed by atoms with Crippen molar-refractivity contribution in [2.75, 3.05) is 25.0 Å². The molecule has 3 rings (SSSR count). The molecule has 17 heavy (non-hydrogen) atoms. The number of aromatic nitrogens is 2. The first-order valence-corrected chi connectivity index (χ1v) is 6.64. The van der Waals surface area contributed by atoms with E-state index in [0.29, 0.717) is 5.15 Å². The Balaban J connectivity index is 1.48. The Morgan fingerprint density at radius 1 is 1.35 bits per heavy atom. The van der Waals surface area contributed by atoms with E-state index in [1.54, 1.807) is 6.07 Å². The minimum Gasteiger partial charge on any atom is -0.370 e. The average molecular weight is 253 g/mol. The fraction of sp³-hybridized carbons (Fsp3) is 0.667. The quantitative estimate of drug-likeness (QED) is 0.833. The number of nitrogens with zero attached hydrogens (tertiary/aromatic N) is 3. The molecule has 1 saturated carbocycles. The first-order chi connectivity index (χ1) is 8.31. The Labute approximate surface area is 106 Å². The van der Waals surface area contributed by atoms with E-state index >= 15 is 0 Å². The first-order valence-electron chi connectivity index (χ1n) is 6.27. The molecule has 1 aliphatic heterocycles. The molecule has 0 spiro atoms. The number of likely N-dealkylation sites (tertiary alicyclic amines) is 1. The van der Waals surface area contributed by atoms with E-state index in [9.17, 15) is 0 Å². The summed E-state index contributed by atoms with van der Waals surface area (Å²) in [6, 6.07) is 2.67. The van der Waals surface area contributed by atoms with Crippen LogP contribution >= 0.6 is 11.6 Å². The van der Waals surface area contributed by atoms with Crippen molar-refractivity contribution in [1.29, 1.82) is 0 Å². The highest BCUT2D eigenvalue weighted by molar-refractivity contribution is 6.29. The van der Waals surface area contributed by atoms with Crippen LogP contribution in [0.5, 0.6) is 0 Å². The zero-order chi connectivity index (χ0) is 11.7. The van der Waals surface area contributed by atoms with E-state index in [0.717, 1.165) is 24.3 Å². The maximum Gasteiger partial charge on any atom is 0.134 e. The Kier molecular flexibility index (Phi) is 3.16. The molecule has 1 aromatic heterocycles. The summed E-state index contributed by atoms with van der Waals surface area (Å²) in [6.07, 6.45) is 5.60. The van der Waals surface area contributed by atoms with Crippen molar-refractivity contribution in [3.63, 3.8) is 0 Å². The van der Waals surface area contributed by atoms with Crippen LogP contribution in [0.1, 0.15) is 19.3 Å². The lowest BCUT2D eigenvalue weighted by molar-refractivity contribution is 0.316. The smallest absolute Gasteiger partial charge is 0.134 e. The first kappa shape index (κ1) is 11.2. The maximum atomic E-state index is 5.81. The molecule has 5 heteroatoms. The van der Waals surface area contributed by atoms with Gasteiger partial charge in [0.15, 0.2) is 0 Å². The predicted octanol–water partition coefficient (Wildman–Crippen LogP) is 2.03. The molecule has 2 fully saturated rings. The fourth-order valence-corrected chi connectivity index (χ4v) is 2.63. The van der Waals surface area contributed by atoms with Gasteiger partial charge in [0.25, 0.3) is 0 Å². The van der Waals surface area contributed by atoms with Crippen LogP contribution in [0.15, 0.2) is 12.4 Å². The standard InChI is InChI=1S/C12H17ClN4/c13-11-5-12(16-8-15-11)14-6-9-3-4-17(7-9)10-1-2-10/h5,8-10H,1-4,6-7H2,(H,14,15,16). The molecule has 1 aliphatic carbocycles. The molecule has 0 amide bonds. The molecule has 1 unspecified atom stereocenters. The highest BCUT2D eigenvalue weighted by atomic mass is 35.5. The summed E-state index contributed by atoms with van der Waals surface area (Å²) in [6.45, 7) is 3.48. The zero-order valence-corrected chi connectivity index (χ0v) is 10.5. The van der Waals surface area contributed by atoms with Crippen LogP contribution < -0.4 is 5.32 Å². The number of halogens is 1. The highest BCUT2D eigenvalue weighted by Gasteiger charge is 2.34. The van der Waals surface area contributed by atoms with Crippen molar-refractivity contribution in [2.24, 2.45) is 5.92 Å². The summed E-state index contributed by atoms with van der Waals surface area (Å²) in [7, 11) is 0. The number of hydrogen-bond donors (Lipinski definition) is 1. The van der Waals surface area contributed by atoms with Crippen molar-refractivity contribution >= 4 is 17.4 Å². The third-order valence-corrected chi connectivity index (χ3v) is 3.79. The van der Waals surface area contributed by atoms with Crippen LogP contribution in [0.3, 0.4) is 0 Å². The van der Waals surface area contributed by atoms with Crippen molar-refractivity contribution in [3.05, 3.63) is 17.5 Å². The number of nitrogens with one attached hydrogen (secondary N) is 1. The summed E-state index contributed by atoms with van der Waals surface area (Å²) >= 11 is 5.81. The largest absolute Gasteiger partial charge is 0.370 e. The molecule has 1 N–H and O–H groups in total. The summed E-state index contributed by atoms with van der Waals surface area (Å²) in [4.78, 5) is 10.6. The predicted molar refractivity (Wildman–Crippen MR) is 68.2 cm³/mol. The second-order valence-corrected chi connectivity index (χ2v) is 5.37. The molecule has 0 bridgehead atoms. The molecule has 1 atom stereocenters. The normalized spacial score (nSPS) is 25.1. The maximum absolute atomic E-state index is 5.81. The second kappa shape index (κ2) is 4.78. The Bertz CT molecular complexity index is 394. The lowest BCUT2D eigenvalue weighted by Gasteiger charge is -2.15. The molecule has 2 heterocycles. The van der Waals surface area contributed by atoms with Gasteiger partial charge in [-0.2, -0.15) is 0 Å². The van der Waals surface area contributed by atoms with Crippen LogP contribution in [0.2, 0.25) is 5.15 Å². The van der Waals surface area contributed by atoms with Crippen molar-refractivity contribution in [1.82, 2.24) is 14.9 Å². The van der Waals surface area contributed by atoms with Crippen LogP contribution in [-0.4, -0.2) is 40.5 Å². The molecule has 0 radical (unpaired) electrons. The molecule has 2 aliphatic rings. The minimum absolute atomic E-state index is 0.494. The SMILES string of the molecule is Clc1cc(NCC2CCN(C3CC3)C2)ncn1. The Morgan fingerprint density at radius 3 is 3.00 bits per heavy atom. The van der Waals surface area contributed by atoms with E-state index in [1.807, 2.05) is 0 Å². The van der Waals surface area contributed by atoms with Crippen molar-refractivity contribution in [2.45, 2.75) is 25.3 Å². The van der Waals surface area contributed by atoms with Gasteiger partial charge in [-0.1, -0.05) is 11.6 Å². The molecule has 4 nitrogen and oxygen atoms in total. The van der Waals surface area contributed by atoms with Gasteiger partial charge in [0.05, 0.1) is 0 Å². The molecule has 1 aromatic rings. The Hall–Kier alpha value is -0.870. The molecule has 92 valence electrons. The van der Waals surface area contributed by atoms with E-state index < -0.39 is 0 Å². The van der Waals surface area contributed by atoms with Crippen LogP contribution in [0, 0.1) is 5.92 Å². The summed E-state index contributed by atoms with van der Waals surface area (Å²) in [5, 5.41) is 3.84. The van der Waals surface area contributed by atoms with Crippen LogP contribution in [-0.2, 0) is 0 Å². The Morgan fingerprint density at radius 2 is 2.24 bits per heavy atom. The van der Waals surface area contributed by atoms with Gasteiger partial charge in [-0.25, -0.2) is 9.97 Å². The van der Waals surface area contributed by atoms with Gasteiger partial charge in [0.2, 0.25) is 0 Å².